The molecule has 0 heterocycles. The van der Waals surface area contributed by atoms with Gasteiger partial charge in [-0.2, -0.15) is 0 Å². The van der Waals surface area contributed by atoms with Crippen LogP contribution in [-0.4, -0.2) is 13.5 Å². The molecule has 0 fully saturated rings. The van der Waals surface area contributed by atoms with E-state index in [0.717, 1.165) is 0 Å². The van der Waals surface area contributed by atoms with Crippen molar-refractivity contribution in [2.45, 2.75) is 4.90 Å². The maximum absolute atomic E-state index is 10.6. The number of hydrogen-bond donors (Lipinski definition) is 3. The quantitative estimate of drug-likeness (QED) is 0.567. The average molecular weight is 233 g/mol. The molecule has 0 unspecified atom stereocenters. The predicted molar refractivity (Wildman–Crippen MR) is 58.8 cm³/mol. The van der Waals surface area contributed by atoms with E-state index in [4.69, 9.17) is 5.14 Å². The van der Waals surface area contributed by atoms with Gasteiger partial charge in [0.2, 0.25) is 10.0 Å². The Balaban J connectivity index is 0.000000364. The van der Waals surface area contributed by atoms with Gasteiger partial charge in [-0.1, -0.05) is 18.2 Å². The Labute approximate surface area is 87.9 Å². The van der Waals surface area contributed by atoms with Gasteiger partial charge in [-0.25, -0.2) is 13.6 Å². The summed E-state index contributed by atoms with van der Waals surface area (Å²) in [4.78, 5) is 0.148. The third-order valence-corrected chi connectivity index (χ3v) is 2.00. The third-order valence-electron chi connectivity index (χ3n) is 1.07. The second-order valence-electron chi connectivity index (χ2n) is 2.26. The molecule has 0 spiro atoms. The van der Waals surface area contributed by atoms with Gasteiger partial charge in [0.1, 0.15) is 0 Å². The highest BCUT2D eigenvalue weighted by Crippen LogP contribution is 2.02. The number of hydrogen-bond acceptors (Lipinski definition) is 3. The van der Waals surface area contributed by atoms with Gasteiger partial charge in [0.25, 0.3) is 0 Å². The summed E-state index contributed by atoms with van der Waals surface area (Å²) in [5.74, 6) is 0. The summed E-state index contributed by atoms with van der Waals surface area (Å²) in [7, 11) is -3.50. The van der Waals surface area contributed by atoms with Crippen LogP contribution in [-0.2, 0) is 10.0 Å². The molecule has 6 N–H and O–H groups in total. The zero-order chi connectivity index (χ0) is 11.2. The molecule has 0 aliphatic carbocycles. The van der Waals surface area contributed by atoms with Crippen molar-refractivity contribution in [2.75, 3.05) is 0 Å². The first-order chi connectivity index (χ1) is 6.34. The van der Waals surface area contributed by atoms with E-state index in [1.807, 2.05) is 0 Å². The van der Waals surface area contributed by atoms with Crippen LogP contribution in [0.1, 0.15) is 0 Å². The zero-order valence-corrected chi connectivity index (χ0v) is 8.88. The van der Waals surface area contributed by atoms with Crippen molar-refractivity contribution in [3.63, 3.8) is 0 Å². The topological polar surface area (TPSA) is 112 Å². The standard InChI is InChI=1S/C6H7NO2S.CH4N2S/c7-10(8,9)6-4-2-1-3-5-6;2-1(3)4/h1-5H,(H2,7,8,9);(H4,2,3,4). The largest absolute Gasteiger partial charge is 0.377 e. The Morgan fingerprint density at radius 1 is 1.14 bits per heavy atom. The predicted octanol–water partition coefficient (Wildman–Crippen LogP) is -0.477. The molecule has 14 heavy (non-hydrogen) atoms. The van der Waals surface area contributed by atoms with Crippen molar-refractivity contribution < 1.29 is 8.42 Å². The molecule has 0 aromatic heterocycles. The molecular weight excluding hydrogens is 222 g/mol. The van der Waals surface area contributed by atoms with Crippen LogP contribution < -0.4 is 16.6 Å². The summed E-state index contributed by atoms with van der Waals surface area (Å²) >= 11 is 4.09. The maximum Gasteiger partial charge on any atom is 0.238 e. The van der Waals surface area contributed by atoms with Gasteiger partial charge in [-0.15, -0.1) is 0 Å². The minimum absolute atomic E-state index is 0.000000000000000222. The first-order valence-corrected chi connectivity index (χ1v) is 5.42. The van der Waals surface area contributed by atoms with Crippen LogP contribution in [0.15, 0.2) is 35.2 Å². The molecule has 1 rings (SSSR count). The van der Waals surface area contributed by atoms with E-state index < -0.39 is 10.0 Å². The van der Waals surface area contributed by atoms with Crippen LogP contribution in [0.2, 0.25) is 0 Å². The molecular formula is C7H11N3O2S2. The van der Waals surface area contributed by atoms with E-state index >= 15 is 0 Å². The van der Waals surface area contributed by atoms with E-state index in [9.17, 15) is 8.42 Å². The van der Waals surface area contributed by atoms with Gasteiger partial charge >= 0.3 is 0 Å². The number of primary sulfonamides is 1. The Kier molecular flexibility index (Phi) is 5.06. The molecule has 0 saturated carbocycles. The number of rotatable bonds is 1. The second kappa shape index (κ2) is 5.53. The van der Waals surface area contributed by atoms with Crippen molar-refractivity contribution in [3.05, 3.63) is 30.3 Å². The summed E-state index contributed by atoms with van der Waals surface area (Å²) in [5.41, 5.74) is 9.24. The first-order valence-electron chi connectivity index (χ1n) is 3.47. The van der Waals surface area contributed by atoms with Gasteiger partial charge in [0, 0.05) is 0 Å². The lowest BCUT2D eigenvalue weighted by Gasteiger charge is -1.93. The highest BCUT2D eigenvalue weighted by molar-refractivity contribution is 7.89. The monoisotopic (exact) mass is 233 g/mol. The van der Waals surface area contributed by atoms with Gasteiger partial charge in [-0.3, -0.25) is 0 Å². The van der Waals surface area contributed by atoms with Crippen LogP contribution in [0.4, 0.5) is 0 Å². The van der Waals surface area contributed by atoms with Crippen LogP contribution in [0.25, 0.3) is 0 Å². The first kappa shape index (κ1) is 12.8. The number of sulfonamides is 1. The normalized spacial score (nSPS) is 9.79. The number of benzene rings is 1. The Hall–Kier alpha value is -1.18. The lowest BCUT2D eigenvalue weighted by Crippen LogP contribution is -2.18. The summed E-state index contributed by atoms with van der Waals surface area (Å²) in [6.07, 6.45) is 0. The molecule has 5 nitrogen and oxygen atoms in total. The molecule has 0 saturated heterocycles. The van der Waals surface area contributed by atoms with Crippen molar-refractivity contribution in [2.24, 2.45) is 16.6 Å². The second-order valence-corrected chi connectivity index (χ2v) is 4.29. The van der Waals surface area contributed by atoms with E-state index in [1.165, 1.54) is 12.1 Å². The summed E-state index contributed by atoms with van der Waals surface area (Å²) < 4.78 is 21.2. The van der Waals surface area contributed by atoms with E-state index in [2.05, 4.69) is 23.7 Å². The molecule has 1 aromatic carbocycles. The minimum atomic E-state index is -3.50. The van der Waals surface area contributed by atoms with Crippen molar-refractivity contribution in [1.29, 1.82) is 0 Å². The fraction of sp³-hybridized carbons (Fsp3) is 0. The molecule has 0 aliphatic heterocycles. The molecule has 0 amide bonds. The molecule has 1 aromatic rings. The molecule has 0 atom stereocenters. The highest BCUT2D eigenvalue weighted by atomic mass is 32.2. The smallest absolute Gasteiger partial charge is 0.238 e. The Bertz CT molecular complexity index is 385. The highest BCUT2D eigenvalue weighted by Gasteiger charge is 2.03. The molecule has 0 aliphatic rings. The average Bonchev–Trinajstić information content (AvgIpc) is 2.03. The fourth-order valence-corrected chi connectivity index (χ4v) is 1.15. The Morgan fingerprint density at radius 2 is 1.50 bits per heavy atom. The van der Waals surface area contributed by atoms with Crippen molar-refractivity contribution in [3.8, 4) is 0 Å². The molecule has 0 radical (unpaired) electrons. The summed E-state index contributed by atoms with van der Waals surface area (Å²) in [6.45, 7) is 0. The van der Waals surface area contributed by atoms with Crippen LogP contribution in [0, 0.1) is 0 Å². The lowest BCUT2D eigenvalue weighted by molar-refractivity contribution is 0.598. The van der Waals surface area contributed by atoms with Crippen molar-refractivity contribution in [1.82, 2.24) is 0 Å². The van der Waals surface area contributed by atoms with Crippen LogP contribution >= 0.6 is 12.2 Å². The fourth-order valence-electron chi connectivity index (χ4n) is 0.610. The molecule has 7 heteroatoms. The van der Waals surface area contributed by atoms with E-state index in [0.29, 0.717) is 0 Å². The minimum Gasteiger partial charge on any atom is -0.377 e. The molecule has 78 valence electrons. The van der Waals surface area contributed by atoms with E-state index in [-0.39, 0.29) is 10.0 Å². The van der Waals surface area contributed by atoms with Crippen molar-refractivity contribution >= 4 is 27.4 Å². The lowest BCUT2D eigenvalue weighted by atomic mass is 10.4. The maximum atomic E-state index is 10.6. The van der Waals surface area contributed by atoms with Crippen LogP contribution in [0.5, 0.6) is 0 Å². The van der Waals surface area contributed by atoms with E-state index in [1.54, 1.807) is 18.2 Å². The number of thiocarbonyl (C=S) groups is 1. The SMILES string of the molecule is NC(N)=S.NS(=O)(=O)c1ccccc1. The third kappa shape index (κ3) is 6.35. The Morgan fingerprint density at radius 3 is 1.71 bits per heavy atom. The number of nitrogens with two attached hydrogens (primary N) is 3. The summed E-state index contributed by atoms with van der Waals surface area (Å²) in [5, 5.41) is 4.83. The van der Waals surface area contributed by atoms with Gasteiger partial charge in [0.05, 0.1) is 4.90 Å². The van der Waals surface area contributed by atoms with Gasteiger partial charge in [-0.05, 0) is 24.4 Å². The zero-order valence-electron chi connectivity index (χ0n) is 7.25. The summed E-state index contributed by atoms with van der Waals surface area (Å²) in [6, 6.07) is 7.89. The van der Waals surface area contributed by atoms with Gasteiger partial charge in [0.15, 0.2) is 5.11 Å². The van der Waals surface area contributed by atoms with Crippen LogP contribution in [0.3, 0.4) is 0 Å². The molecule has 0 bridgehead atoms. The van der Waals surface area contributed by atoms with Gasteiger partial charge < -0.3 is 11.5 Å².